The first kappa shape index (κ1) is 16.1. The monoisotopic (exact) mass is 360 g/mol. The number of hydrogen-bond donors (Lipinski definition) is 2. The highest BCUT2D eigenvalue weighted by molar-refractivity contribution is 6.03. The Hall–Kier alpha value is -3.36. The molecule has 2 N–H and O–H groups in total. The van der Waals surface area contributed by atoms with Crippen molar-refractivity contribution in [1.29, 1.82) is 0 Å². The minimum Gasteiger partial charge on any atom is -0.478 e. The molecule has 0 fully saturated rings. The lowest BCUT2D eigenvalue weighted by Crippen LogP contribution is -2.08. The van der Waals surface area contributed by atoms with Crippen LogP contribution in [0.25, 0.3) is 27.6 Å². The number of hydrogen-bond acceptors (Lipinski definition) is 3. The zero-order valence-electron chi connectivity index (χ0n) is 13.3. The number of halogens is 3. The van der Waals surface area contributed by atoms with Crippen LogP contribution in [0.3, 0.4) is 0 Å². The number of aromatic amines is 1. The summed E-state index contributed by atoms with van der Waals surface area (Å²) in [5.41, 5.74) is 0.849. The van der Waals surface area contributed by atoms with Crippen LogP contribution in [0.15, 0.2) is 36.7 Å². The number of rotatable bonds is 2. The Bertz CT molecular complexity index is 1170. The molecule has 0 aliphatic heterocycles. The highest BCUT2D eigenvalue weighted by Crippen LogP contribution is 2.32. The maximum absolute atomic E-state index is 13.0. The number of aromatic nitrogens is 4. The summed E-state index contributed by atoms with van der Waals surface area (Å²) in [4.78, 5) is 15.2. The summed E-state index contributed by atoms with van der Waals surface area (Å²) in [5.74, 6) is -1.24. The summed E-state index contributed by atoms with van der Waals surface area (Å²) < 4.78 is 40.5. The maximum atomic E-state index is 13.0. The van der Waals surface area contributed by atoms with Gasteiger partial charge >= 0.3 is 12.1 Å². The number of H-pyrrole nitrogens is 1. The molecule has 0 unspecified atom stereocenters. The Morgan fingerprint density at radius 1 is 1.27 bits per heavy atom. The molecule has 0 spiro atoms. The van der Waals surface area contributed by atoms with Gasteiger partial charge < -0.3 is 9.67 Å². The molecule has 3 heterocycles. The van der Waals surface area contributed by atoms with E-state index in [1.54, 1.807) is 18.3 Å². The molecule has 0 saturated carbocycles. The summed E-state index contributed by atoms with van der Waals surface area (Å²) in [6.07, 6.45) is -1.76. The second kappa shape index (κ2) is 5.32. The molecule has 0 bridgehead atoms. The molecule has 0 amide bonds. The number of benzene rings is 1. The molecule has 132 valence electrons. The molecule has 0 saturated heterocycles. The van der Waals surface area contributed by atoms with Crippen LogP contribution in [0.1, 0.15) is 21.6 Å². The third-order valence-electron chi connectivity index (χ3n) is 4.18. The summed E-state index contributed by atoms with van der Waals surface area (Å²) in [7, 11) is 0. The van der Waals surface area contributed by atoms with E-state index in [9.17, 15) is 23.1 Å². The second-order valence-electron chi connectivity index (χ2n) is 5.88. The van der Waals surface area contributed by atoms with Crippen LogP contribution in [0.4, 0.5) is 13.2 Å². The van der Waals surface area contributed by atoms with E-state index in [0.717, 1.165) is 28.6 Å². The third kappa shape index (κ3) is 2.40. The Kier molecular flexibility index (Phi) is 3.30. The number of aryl methyl sites for hydroxylation is 1. The normalized spacial score (nSPS) is 12.2. The molecule has 0 radical (unpaired) electrons. The summed E-state index contributed by atoms with van der Waals surface area (Å²) in [5, 5.41) is 17.1. The zero-order chi connectivity index (χ0) is 18.6. The Morgan fingerprint density at radius 3 is 2.73 bits per heavy atom. The molecular formula is C17H11F3N4O2. The predicted octanol–water partition coefficient (Wildman–Crippen LogP) is 3.93. The average Bonchev–Trinajstić information content (AvgIpc) is 3.17. The van der Waals surface area contributed by atoms with E-state index in [4.69, 9.17) is 0 Å². The smallest absolute Gasteiger partial charge is 0.433 e. The number of nitrogens with one attached hydrogen (secondary N) is 1. The van der Waals surface area contributed by atoms with Crippen LogP contribution >= 0.6 is 0 Å². The highest BCUT2D eigenvalue weighted by atomic mass is 19.4. The zero-order valence-corrected chi connectivity index (χ0v) is 13.3. The minimum absolute atomic E-state index is 0.0699. The van der Waals surface area contributed by atoms with Crippen molar-refractivity contribution in [2.45, 2.75) is 13.1 Å². The summed E-state index contributed by atoms with van der Waals surface area (Å²) in [6.45, 7) is 1.82. The Balaban J connectivity index is 2.05. The van der Waals surface area contributed by atoms with Crippen LogP contribution < -0.4 is 0 Å². The van der Waals surface area contributed by atoms with Gasteiger partial charge in [-0.15, -0.1) is 0 Å². The summed E-state index contributed by atoms with van der Waals surface area (Å²) >= 11 is 0. The van der Waals surface area contributed by atoms with Crippen molar-refractivity contribution < 1.29 is 23.1 Å². The van der Waals surface area contributed by atoms with Gasteiger partial charge in [0.2, 0.25) is 0 Å². The van der Waals surface area contributed by atoms with Gasteiger partial charge in [-0.05, 0) is 36.8 Å². The molecule has 3 aromatic heterocycles. The van der Waals surface area contributed by atoms with Crippen LogP contribution in [0.5, 0.6) is 0 Å². The number of nitrogens with zero attached hydrogens (tertiary/aromatic N) is 3. The van der Waals surface area contributed by atoms with E-state index >= 15 is 0 Å². The SMILES string of the molecule is Cc1cc(-n2cc(C(=O)O)c3ccc(C(F)(F)F)nc32)cc2cn[nH]c12. The number of alkyl halides is 3. The Labute approximate surface area is 143 Å². The fraction of sp³-hybridized carbons (Fsp3) is 0.118. The fourth-order valence-corrected chi connectivity index (χ4v) is 2.98. The van der Waals surface area contributed by atoms with Crippen LogP contribution in [0.2, 0.25) is 0 Å². The van der Waals surface area contributed by atoms with Gasteiger partial charge in [0.05, 0.1) is 17.3 Å². The number of fused-ring (bicyclic) bond motifs is 2. The minimum atomic E-state index is -4.63. The highest BCUT2D eigenvalue weighted by Gasteiger charge is 2.33. The molecular weight excluding hydrogens is 349 g/mol. The number of aromatic carboxylic acids is 1. The lowest BCUT2D eigenvalue weighted by molar-refractivity contribution is -0.141. The predicted molar refractivity (Wildman–Crippen MR) is 87.4 cm³/mol. The Morgan fingerprint density at radius 2 is 2.04 bits per heavy atom. The van der Waals surface area contributed by atoms with E-state index in [1.807, 2.05) is 6.92 Å². The number of pyridine rings is 1. The largest absolute Gasteiger partial charge is 0.478 e. The third-order valence-corrected chi connectivity index (χ3v) is 4.18. The van der Waals surface area contributed by atoms with Crippen LogP contribution in [-0.4, -0.2) is 30.8 Å². The number of carboxylic acid groups (broad SMARTS) is 1. The first-order valence-electron chi connectivity index (χ1n) is 7.52. The van der Waals surface area contributed by atoms with E-state index in [1.165, 1.54) is 10.8 Å². The van der Waals surface area contributed by atoms with Crippen LogP contribution in [-0.2, 0) is 6.18 Å². The molecule has 0 aliphatic carbocycles. The van der Waals surface area contributed by atoms with Gasteiger partial charge in [0.15, 0.2) is 0 Å². The van der Waals surface area contributed by atoms with Crippen molar-refractivity contribution in [3.63, 3.8) is 0 Å². The maximum Gasteiger partial charge on any atom is 0.433 e. The van der Waals surface area contributed by atoms with Crippen molar-refractivity contribution >= 4 is 27.9 Å². The first-order valence-corrected chi connectivity index (χ1v) is 7.52. The van der Waals surface area contributed by atoms with Gasteiger partial charge in [-0.1, -0.05) is 0 Å². The standard InChI is InChI=1S/C17H11F3N4O2/c1-8-4-10(5-9-6-21-23-14(8)9)24-7-12(16(25)26)11-2-3-13(17(18,19)20)22-15(11)24/h2-7H,1H3,(H,21,23)(H,25,26). The topological polar surface area (TPSA) is 83.8 Å². The van der Waals surface area contributed by atoms with Crippen molar-refractivity contribution in [2.24, 2.45) is 0 Å². The van der Waals surface area contributed by atoms with Crippen LogP contribution in [0, 0.1) is 6.92 Å². The van der Waals surface area contributed by atoms with E-state index in [2.05, 4.69) is 15.2 Å². The molecule has 9 heteroatoms. The van der Waals surface area contributed by atoms with Crippen molar-refractivity contribution in [3.05, 3.63) is 53.5 Å². The average molecular weight is 360 g/mol. The lowest BCUT2D eigenvalue weighted by atomic mass is 10.1. The lowest BCUT2D eigenvalue weighted by Gasteiger charge is -2.09. The fourth-order valence-electron chi connectivity index (χ4n) is 2.98. The second-order valence-corrected chi connectivity index (χ2v) is 5.88. The van der Waals surface area contributed by atoms with Crippen molar-refractivity contribution in [1.82, 2.24) is 19.7 Å². The van der Waals surface area contributed by atoms with Gasteiger partial charge in [0.25, 0.3) is 0 Å². The molecule has 4 rings (SSSR count). The van der Waals surface area contributed by atoms with Crippen molar-refractivity contribution in [2.75, 3.05) is 0 Å². The number of carboxylic acids is 1. The van der Waals surface area contributed by atoms with Gasteiger partial charge in [-0.3, -0.25) is 5.10 Å². The van der Waals surface area contributed by atoms with Crippen molar-refractivity contribution in [3.8, 4) is 5.69 Å². The first-order chi connectivity index (χ1) is 12.3. The quantitative estimate of drug-likeness (QED) is 0.567. The molecule has 4 aromatic rings. The molecule has 6 nitrogen and oxygen atoms in total. The molecule has 0 aliphatic rings. The van der Waals surface area contributed by atoms with Gasteiger partial charge in [0, 0.05) is 22.7 Å². The van der Waals surface area contributed by atoms with E-state index in [0.29, 0.717) is 5.69 Å². The summed E-state index contributed by atoms with van der Waals surface area (Å²) in [6, 6.07) is 5.35. The van der Waals surface area contributed by atoms with E-state index in [-0.39, 0.29) is 16.6 Å². The molecule has 1 aromatic carbocycles. The van der Waals surface area contributed by atoms with E-state index < -0.39 is 17.8 Å². The van der Waals surface area contributed by atoms with Gasteiger partial charge in [-0.2, -0.15) is 18.3 Å². The number of carbonyl (C=O) groups is 1. The van der Waals surface area contributed by atoms with Gasteiger partial charge in [-0.25, -0.2) is 9.78 Å². The molecule has 26 heavy (non-hydrogen) atoms. The van der Waals surface area contributed by atoms with Gasteiger partial charge in [0.1, 0.15) is 11.3 Å². The molecule has 0 atom stereocenters.